The molecule has 2 aromatic carbocycles. The summed E-state index contributed by atoms with van der Waals surface area (Å²) in [5.74, 6) is 0.781. The topological polar surface area (TPSA) is 45.0 Å². The fourth-order valence-electron chi connectivity index (χ4n) is 2.20. The lowest BCUT2D eigenvalue weighted by atomic mass is 9.94. The van der Waals surface area contributed by atoms with Gasteiger partial charge in [-0.25, -0.2) is 0 Å². The van der Waals surface area contributed by atoms with Crippen molar-refractivity contribution < 1.29 is 4.74 Å². The molecule has 0 aromatic heterocycles. The van der Waals surface area contributed by atoms with E-state index in [9.17, 15) is 5.26 Å². The first kappa shape index (κ1) is 14.9. The van der Waals surface area contributed by atoms with Gasteiger partial charge in [0, 0.05) is 11.8 Å². The Bertz CT molecular complexity index is 619. The van der Waals surface area contributed by atoms with Crippen LogP contribution in [0.25, 0.3) is 0 Å². The van der Waals surface area contributed by atoms with Crippen LogP contribution in [0.1, 0.15) is 18.9 Å². The van der Waals surface area contributed by atoms with E-state index < -0.39 is 5.54 Å². The number of anilines is 1. The molecule has 0 spiro atoms. The Balaban J connectivity index is 2.05. The van der Waals surface area contributed by atoms with Gasteiger partial charge in [-0.05, 0) is 37.5 Å². The Hall–Kier alpha value is -2.47. The zero-order valence-corrected chi connectivity index (χ0v) is 12.5. The van der Waals surface area contributed by atoms with E-state index in [0.29, 0.717) is 0 Å². The van der Waals surface area contributed by atoms with Crippen LogP contribution in [0.4, 0.5) is 5.69 Å². The summed E-state index contributed by atoms with van der Waals surface area (Å²) in [5, 5.41) is 12.8. The Morgan fingerprint density at radius 2 is 1.90 bits per heavy atom. The molecule has 0 radical (unpaired) electrons. The highest BCUT2D eigenvalue weighted by molar-refractivity contribution is 5.51. The molecule has 1 N–H and O–H groups in total. The van der Waals surface area contributed by atoms with Crippen molar-refractivity contribution in [3.05, 3.63) is 60.2 Å². The molecule has 0 heterocycles. The van der Waals surface area contributed by atoms with Gasteiger partial charge >= 0.3 is 0 Å². The van der Waals surface area contributed by atoms with E-state index in [1.54, 1.807) is 7.11 Å². The molecule has 1 atom stereocenters. The van der Waals surface area contributed by atoms with Gasteiger partial charge in [0.1, 0.15) is 11.3 Å². The first-order valence-corrected chi connectivity index (χ1v) is 7.03. The molecule has 0 aliphatic rings. The molecule has 0 amide bonds. The number of nitrogens with zero attached hydrogens (tertiary/aromatic N) is 1. The van der Waals surface area contributed by atoms with Crippen molar-refractivity contribution in [2.24, 2.45) is 0 Å². The monoisotopic (exact) mass is 280 g/mol. The van der Waals surface area contributed by atoms with Gasteiger partial charge in [0.25, 0.3) is 0 Å². The second-order valence-electron chi connectivity index (χ2n) is 5.29. The van der Waals surface area contributed by atoms with Gasteiger partial charge in [0.15, 0.2) is 0 Å². The molecular formula is C18H20N2O. The Morgan fingerprint density at radius 3 is 2.57 bits per heavy atom. The fraction of sp³-hybridized carbons (Fsp3) is 0.278. The van der Waals surface area contributed by atoms with Crippen molar-refractivity contribution in [1.82, 2.24) is 0 Å². The predicted molar refractivity (Wildman–Crippen MR) is 85.4 cm³/mol. The Kier molecular flexibility index (Phi) is 4.84. The molecule has 21 heavy (non-hydrogen) atoms. The van der Waals surface area contributed by atoms with Gasteiger partial charge in [0.05, 0.1) is 13.2 Å². The first-order valence-electron chi connectivity index (χ1n) is 7.03. The molecule has 0 saturated heterocycles. The summed E-state index contributed by atoms with van der Waals surface area (Å²) in [4.78, 5) is 0. The molecule has 108 valence electrons. The predicted octanol–water partition coefficient (Wildman–Crippen LogP) is 4.02. The van der Waals surface area contributed by atoms with Gasteiger partial charge in [-0.3, -0.25) is 0 Å². The molecule has 3 heteroatoms. The summed E-state index contributed by atoms with van der Waals surface area (Å²) in [7, 11) is 1.64. The highest BCUT2D eigenvalue weighted by atomic mass is 16.5. The van der Waals surface area contributed by atoms with Crippen LogP contribution in [0.3, 0.4) is 0 Å². The number of hydrogen-bond donors (Lipinski definition) is 1. The number of nitrogens with one attached hydrogen (secondary N) is 1. The van der Waals surface area contributed by atoms with E-state index in [1.807, 2.05) is 49.4 Å². The third-order valence-electron chi connectivity index (χ3n) is 3.49. The quantitative estimate of drug-likeness (QED) is 0.869. The summed E-state index contributed by atoms with van der Waals surface area (Å²) >= 11 is 0. The van der Waals surface area contributed by atoms with E-state index in [2.05, 4.69) is 23.5 Å². The maximum Gasteiger partial charge on any atom is 0.122 e. The lowest BCUT2D eigenvalue weighted by Gasteiger charge is -2.25. The van der Waals surface area contributed by atoms with E-state index in [1.165, 1.54) is 5.56 Å². The molecule has 2 aromatic rings. The smallest absolute Gasteiger partial charge is 0.122 e. The molecule has 0 saturated carbocycles. The van der Waals surface area contributed by atoms with Gasteiger partial charge in [-0.1, -0.05) is 36.4 Å². The van der Waals surface area contributed by atoms with Crippen LogP contribution in [0.5, 0.6) is 5.75 Å². The number of benzene rings is 2. The number of methoxy groups -OCH3 is 1. The third kappa shape index (κ3) is 4.25. The van der Waals surface area contributed by atoms with Crippen molar-refractivity contribution in [3.63, 3.8) is 0 Å². The number of hydrogen-bond acceptors (Lipinski definition) is 3. The van der Waals surface area contributed by atoms with E-state index in [4.69, 9.17) is 4.74 Å². The van der Waals surface area contributed by atoms with Crippen LogP contribution in [-0.2, 0) is 6.42 Å². The second kappa shape index (κ2) is 6.81. The number of aryl methyl sites for hydroxylation is 1. The van der Waals surface area contributed by atoms with Gasteiger partial charge in [-0.15, -0.1) is 0 Å². The molecule has 1 unspecified atom stereocenters. The van der Waals surface area contributed by atoms with Gasteiger partial charge in [0.2, 0.25) is 0 Å². The molecule has 0 aliphatic carbocycles. The maximum absolute atomic E-state index is 9.51. The normalized spacial score (nSPS) is 13.0. The lowest BCUT2D eigenvalue weighted by molar-refractivity contribution is 0.415. The largest absolute Gasteiger partial charge is 0.497 e. The Morgan fingerprint density at radius 1 is 1.14 bits per heavy atom. The molecule has 2 rings (SSSR count). The van der Waals surface area contributed by atoms with Crippen LogP contribution in [0, 0.1) is 11.3 Å². The van der Waals surface area contributed by atoms with Crippen LogP contribution >= 0.6 is 0 Å². The van der Waals surface area contributed by atoms with Crippen LogP contribution in [0.15, 0.2) is 54.6 Å². The van der Waals surface area contributed by atoms with Crippen molar-refractivity contribution >= 4 is 5.69 Å². The highest BCUT2D eigenvalue weighted by Crippen LogP contribution is 2.23. The Labute approximate surface area is 126 Å². The third-order valence-corrected chi connectivity index (χ3v) is 3.49. The van der Waals surface area contributed by atoms with E-state index >= 15 is 0 Å². The number of rotatable bonds is 6. The SMILES string of the molecule is COc1cccc(NC(C)(C#N)CCc2ccccc2)c1. The summed E-state index contributed by atoms with van der Waals surface area (Å²) in [6.45, 7) is 1.93. The number of ether oxygens (including phenoxy) is 1. The van der Waals surface area contributed by atoms with Crippen molar-refractivity contribution in [1.29, 1.82) is 5.26 Å². The summed E-state index contributed by atoms with van der Waals surface area (Å²) in [5.41, 5.74) is 1.53. The summed E-state index contributed by atoms with van der Waals surface area (Å²) in [6.07, 6.45) is 1.60. The van der Waals surface area contributed by atoms with Gasteiger partial charge in [-0.2, -0.15) is 5.26 Å². The number of nitriles is 1. The summed E-state index contributed by atoms with van der Waals surface area (Å²) < 4.78 is 5.21. The van der Waals surface area contributed by atoms with E-state index in [0.717, 1.165) is 24.3 Å². The fourth-order valence-corrected chi connectivity index (χ4v) is 2.20. The first-order chi connectivity index (χ1) is 10.1. The average molecular weight is 280 g/mol. The second-order valence-corrected chi connectivity index (χ2v) is 5.29. The lowest BCUT2D eigenvalue weighted by Crippen LogP contribution is -2.33. The van der Waals surface area contributed by atoms with Crippen molar-refractivity contribution in [3.8, 4) is 11.8 Å². The maximum atomic E-state index is 9.51. The van der Waals surface area contributed by atoms with Crippen LogP contribution < -0.4 is 10.1 Å². The van der Waals surface area contributed by atoms with Crippen LogP contribution in [-0.4, -0.2) is 12.6 Å². The van der Waals surface area contributed by atoms with Gasteiger partial charge < -0.3 is 10.1 Å². The standard InChI is InChI=1S/C18H20N2O/c1-18(14-19,12-11-15-7-4-3-5-8-15)20-16-9-6-10-17(13-16)21-2/h3-10,13,20H,11-12H2,1-2H3. The van der Waals surface area contributed by atoms with Crippen molar-refractivity contribution in [2.75, 3.05) is 12.4 Å². The zero-order chi connectivity index (χ0) is 15.1. The van der Waals surface area contributed by atoms with Crippen molar-refractivity contribution in [2.45, 2.75) is 25.3 Å². The van der Waals surface area contributed by atoms with E-state index in [-0.39, 0.29) is 0 Å². The molecule has 3 nitrogen and oxygen atoms in total. The molecular weight excluding hydrogens is 260 g/mol. The minimum Gasteiger partial charge on any atom is -0.497 e. The minimum atomic E-state index is -0.609. The zero-order valence-electron chi connectivity index (χ0n) is 12.5. The molecule has 0 bridgehead atoms. The molecule has 0 aliphatic heterocycles. The average Bonchev–Trinajstić information content (AvgIpc) is 2.54. The minimum absolute atomic E-state index is 0.609. The summed E-state index contributed by atoms with van der Waals surface area (Å²) in [6, 6.07) is 20.2. The van der Waals surface area contributed by atoms with Crippen LogP contribution in [0.2, 0.25) is 0 Å². The molecule has 0 fully saturated rings. The highest BCUT2D eigenvalue weighted by Gasteiger charge is 2.23.